The molecular formula is C18H26ClN3O2. The van der Waals surface area contributed by atoms with Crippen molar-refractivity contribution in [2.24, 2.45) is 5.73 Å². The van der Waals surface area contributed by atoms with Gasteiger partial charge in [0, 0.05) is 38.0 Å². The SMILES string of the molecule is CCC(C(=O)N1C[C@@H](N)[C@H](c2ccccc2)C1)N1CCCC1=O.Cl. The third kappa shape index (κ3) is 3.57. The molecule has 2 heterocycles. The van der Waals surface area contributed by atoms with Crippen LogP contribution in [0.15, 0.2) is 30.3 Å². The van der Waals surface area contributed by atoms with Gasteiger partial charge < -0.3 is 15.5 Å². The summed E-state index contributed by atoms with van der Waals surface area (Å²) < 4.78 is 0. The van der Waals surface area contributed by atoms with Crippen molar-refractivity contribution < 1.29 is 9.59 Å². The lowest BCUT2D eigenvalue weighted by Crippen LogP contribution is -2.48. The van der Waals surface area contributed by atoms with Gasteiger partial charge in [0.25, 0.3) is 0 Å². The maximum atomic E-state index is 12.9. The number of carbonyl (C=O) groups excluding carboxylic acids is 2. The summed E-state index contributed by atoms with van der Waals surface area (Å²) in [6.45, 7) is 3.88. The molecule has 6 heteroatoms. The van der Waals surface area contributed by atoms with Crippen molar-refractivity contribution in [1.29, 1.82) is 0 Å². The van der Waals surface area contributed by atoms with Crippen LogP contribution in [0.1, 0.15) is 37.7 Å². The Balaban J connectivity index is 0.00000208. The molecule has 2 saturated heterocycles. The summed E-state index contributed by atoms with van der Waals surface area (Å²) in [6, 6.07) is 9.76. The van der Waals surface area contributed by atoms with Crippen molar-refractivity contribution in [3.63, 3.8) is 0 Å². The van der Waals surface area contributed by atoms with E-state index >= 15 is 0 Å². The normalized spacial score (nSPS) is 24.8. The van der Waals surface area contributed by atoms with Crippen LogP contribution < -0.4 is 5.73 Å². The monoisotopic (exact) mass is 351 g/mol. The topological polar surface area (TPSA) is 66.6 Å². The fourth-order valence-electron chi connectivity index (χ4n) is 3.80. The Kier molecular flexibility index (Phi) is 6.24. The number of amides is 2. The Labute approximate surface area is 149 Å². The molecule has 2 aliphatic heterocycles. The van der Waals surface area contributed by atoms with Crippen LogP contribution in [-0.4, -0.2) is 53.3 Å². The van der Waals surface area contributed by atoms with E-state index < -0.39 is 0 Å². The Bertz CT molecular complexity index is 581. The number of hydrogen-bond donors (Lipinski definition) is 1. The van der Waals surface area contributed by atoms with Crippen LogP contribution in [0, 0.1) is 0 Å². The fourth-order valence-corrected chi connectivity index (χ4v) is 3.80. The first kappa shape index (κ1) is 18.7. The molecule has 0 aromatic heterocycles. The fraction of sp³-hybridized carbons (Fsp3) is 0.556. The Hall–Kier alpha value is -1.59. The molecule has 0 bridgehead atoms. The number of carbonyl (C=O) groups is 2. The van der Waals surface area contributed by atoms with Gasteiger partial charge >= 0.3 is 0 Å². The highest BCUT2D eigenvalue weighted by molar-refractivity contribution is 5.88. The number of halogens is 1. The van der Waals surface area contributed by atoms with Crippen LogP contribution in [-0.2, 0) is 9.59 Å². The molecule has 2 aliphatic rings. The average Bonchev–Trinajstić information content (AvgIpc) is 3.15. The van der Waals surface area contributed by atoms with Gasteiger partial charge in [-0.1, -0.05) is 37.3 Å². The molecule has 2 fully saturated rings. The summed E-state index contributed by atoms with van der Waals surface area (Å²) >= 11 is 0. The summed E-state index contributed by atoms with van der Waals surface area (Å²) in [5.74, 6) is 0.330. The van der Waals surface area contributed by atoms with Crippen molar-refractivity contribution in [2.75, 3.05) is 19.6 Å². The summed E-state index contributed by atoms with van der Waals surface area (Å²) in [4.78, 5) is 28.5. The van der Waals surface area contributed by atoms with E-state index in [1.165, 1.54) is 5.56 Å². The van der Waals surface area contributed by atoms with Crippen LogP contribution in [0.3, 0.4) is 0 Å². The van der Waals surface area contributed by atoms with Crippen molar-refractivity contribution in [1.82, 2.24) is 9.80 Å². The second-order valence-electron chi connectivity index (χ2n) is 6.54. The molecule has 0 aliphatic carbocycles. The molecule has 132 valence electrons. The molecule has 0 spiro atoms. The summed E-state index contributed by atoms with van der Waals surface area (Å²) in [5, 5.41) is 0. The molecule has 3 rings (SSSR count). The van der Waals surface area contributed by atoms with Gasteiger partial charge in [-0.05, 0) is 18.4 Å². The van der Waals surface area contributed by atoms with E-state index in [2.05, 4.69) is 12.1 Å². The number of benzene rings is 1. The average molecular weight is 352 g/mol. The lowest BCUT2D eigenvalue weighted by Gasteiger charge is -2.29. The minimum Gasteiger partial charge on any atom is -0.339 e. The van der Waals surface area contributed by atoms with Gasteiger partial charge in [0.05, 0.1) is 0 Å². The minimum atomic E-state index is -0.327. The third-order valence-corrected chi connectivity index (χ3v) is 5.06. The maximum absolute atomic E-state index is 12.9. The summed E-state index contributed by atoms with van der Waals surface area (Å²) in [6.07, 6.45) is 2.08. The number of hydrogen-bond acceptors (Lipinski definition) is 3. The van der Waals surface area contributed by atoms with Crippen molar-refractivity contribution in [3.05, 3.63) is 35.9 Å². The summed E-state index contributed by atoms with van der Waals surface area (Å²) in [5.41, 5.74) is 7.47. The molecule has 0 saturated carbocycles. The number of likely N-dealkylation sites (tertiary alicyclic amines) is 2. The van der Waals surface area contributed by atoms with Gasteiger partial charge in [0.2, 0.25) is 11.8 Å². The van der Waals surface area contributed by atoms with E-state index in [-0.39, 0.29) is 42.2 Å². The first-order valence-electron chi connectivity index (χ1n) is 8.50. The molecule has 5 nitrogen and oxygen atoms in total. The van der Waals surface area contributed by atoms with E-state index in [4.69, 9.17) is 5.73 Å². The maximum Gasteiger partial charge on any atom is 0.245 e. The molecule has 3 atom stereocenters. The second kappa shape index (κ2) is 7.99. The minimum absolute atomic E-state index is 0. The van der Waals surface area contributed by atoms with Crippen LogP contribution in [0.2, 0.25) is 0 Å². The van der Waals surface area contributed by atoms with Gasteiger partial charge in [0.1, 0.15) is 6.04 Å². The van der Waals surface area contributed by atoms with Crippen molar-refractivity contribution in [3.8, 4) is 0 Å². The Morgan fingerprint density at radius 1 is 1.29 bits per heavy atom. The van der Waals surface area contributed by atoms with Gasteiger partial charge in [-0.15, -0.1) is 12.4 Å². The zero-order valence-electron chi connectivity index (χ0n) is 14.1. The number of rotatable bonds is 4. The van der Waals surface area contributed by atoms with E-state index in [0.29, 0.717) is 32.5 Å². The van der Waals surface area contributed by atoms with E-state index in [1.54, 1.807) is 4.90 Å². The van der Waals surface area contributed by atoms with E-state index in [1.807, 2.05) is 30.0 Å². The van der Waals surface area contributed by atoms with Crippen LogP contribution in [0.5, 0.6) is 0 Å². The smallest absolute Gasteiger partial charge is 0.245 e. The molecule has 2 amide bonds. The van der Waals surface area contributed by atoms with Crippen molar-refractivity contribution >= 4 is 24.2 Å². The highest BCUT2D eigenvalue weighted by Crippen LogP contribution is 2.28. The molecule has 24 heavy (non-hydrogen) atoms. The van der Waals surface area contributed by atoms with Crippen LogP contribution in [0.25, 0.3) is 0 Å². The van der Waals surface area contributed by atoms with E-state index in [0.717, 1.165) is 6.42 Å². The lowest BCUT2D eigenvalue weighted by atomic mass is 9.95. The molecule has 1 aromatic carbocycles. The first-order chi connectivity index (χ1) is 11.1. The van der Waals surface area contributed by atoms with Gasteiger partial charge in [-0.25, -0.2) is 0 Å². The number of nitrogens with zero attached hydrogens (tertiary/aromatic N) is 2. The van der Waals surface area contributed by atoms with Gasteiger partial charge in [-0.2, -0.15) is 0 Å². The highest BCUT2D eigenvalue weighted by Gasteiger charge is 2.39. The molecule has 0 radical (unpaired) electrons. The first-order valence-corrected chi connectivity index (χ1v) is 8.50. The van der Waals surface area contributed by atoms with Gasteiger partial charge in [0.15, 0.2) is 0 Å². The second-order valence-corrected chi connectivity index (χ2v) is 6.54. The highest BCUT2D eigenvalue weighted by atomic mass is 35.5. The van der Waals surface area contributed by atoms with Crippen LogP contribution in [0.4, 0.5) is 0 Å². The standard InChI is InChI=1S/C18H25N3O2.ClH/c1-2-16(21-10-6-9-17(21)22)18(23)20-11-14(15(19)12-20)13-7-4-3-5-8-13;/h3-5,7-8,14-16H,2,6,9-12,19H2,1H3;1H/t14-,15+,16?;/m0./s1. The quantitative estimate of drug-likeness (QED) is 0.898. The predicted octanol–water partition coefficient (Wildman–Crippen LogP) is 1.76. The lowest BCUT2D eigenvalue weighted by molar-refractivity contribution is -0.143. The Morgan fingerprint density at radius 3 is 2.58 bits per heavy atom. The molecule has 2 N–H and O–H groups in total. The summed E-state index contributed by atoms with van der Waals surface area (Å²) in [7, 11) is 0. The number of nitrogens with two attached hydrogens (primary N) is 1. The van der Waals surface area contributed by atoms with Crippen LogP contribution >= 0.6 is 12.4 Å². The molecule has 1 unspecified atom stereocenters. The molecule has 1 aromatic rings. The van der Waals surface area contributed by atoms with Crippen molar-refractivity contribution in [2.45, 2.75) is 44.2 Å². The molecular weight excluding hydrogens is 326 g/mol. The Morgan fingerprint density at radius 2 is 2.00 bits per heavy atom. The van der Waals surface area contributed by atoms with E-state index in [9.17, 15) is 9.59 Å². The van der Waals surface area contributed by atoms with Gasteiger partial charge in [-0.3, -0.25) is 9.59 Å². The largest absolute Gasteiger partial charge is 0.339 e. The third-order valence-electron chi connectivity index (χ3n) is 5.06. The predicted molar refractivity (Wildman–Crippen MR) is 96.0 cm³/mol. The zero-order valence-corrected chi connectivity index (χ0v) is 14.9. The zero-order chi connectivity index (χ0) is 16.4.